The van der Waals surface area contributed by atoms with Crippen LogP contribution in [0.15, 0.2) is 0 Å². The van der Waals surface area contributed by atoms with Crippen LogP contribution in [0.4, 0.5) is 0 Å². The average Bonchev–Trinajstić information content (AvgIpc) is 2.54. The van der Waals surface area contributed by atoms with E-state index in [4.69, 9.17) is 8.85 Å². The summed E-state index contributed by atoms with van der Waals surface area (Å²) >= 11 is 0. The Labute approximate surface area is 200 Å². The Kier molecular flexibility index (Phi) is 19.8. The molecule has 0 amide bonds. The molecule has 0 bridgehead atoms. The van der Waals surface area contributed by atoms with Gasteiger partial charge in [-0.2, -0.15) is 12.8 Å². The van der Waals surface area contributed by atoms with Gasteiger partial charge in [-0.05, 0) is 33.2 Å². The monoisotopic (exact) mass is 494 g/mol. The van der Waals surface area contributed by atoms with Crippen molar-refractivity contribution in [2.45, 2.75) is 129 Å². The van der Waals surface area contributed by atoms with E-state index >= 15 is 0 Å². The molecule has 0 spiro atoms. The third kappa shape index (κ3) is 9.56. The van der Waals surface area contributed by atoms with Crippen molar-refractivity contribution in [2.24, 2.45) is 0 Å². The van der Waals surface area contributed by atoms with Crippen LogP contribution in [-0.4, -0.2) is 29.8 Å². The standard InChI is InChI=1S/2C12H27OSi.Zn/c2*1-8-9-13-14(10(2)3,11(4)5)12(6)7;/h2*10-12H,1,8-9H2,2-7H3;/q2*-1;+2. The molecule has 0 N–H and O–H groups in total. The fraction of sp³-hybridized carbons (Fsp3) is 0.917. The molecule has 0 saturated heterocycles. The maximum absolute atomic E-state index is 6.24. The molecule has 0 fully saturated rings. The van der Waals surface area contributed by atoms with E-state index in [-0.39, 0.29) is 19.5 Å². The van der Waals surface area contributed by atoms with Crippen LogP contribution in [0.25, 0.3) is 0 Å². The van der Waals surface area contributed by atoms with Crippen LogP contribution in [-0.2, 0) is 28.3 Å². The third-order valence-corrected chi connectivity index (χ3v) is 18.6. The van der Waals surface area contributed by atoms with Gasteiger partial charge in [0.1, 0.15) is 0 Å². The number of rotatable bonds is 12. The second-order valence-electron chi connectivity index (χ2n) is 10.0. The van der Waals surface area contributed by atoms with Crippen LogP contribution < -0.4 is 0 Å². The molecular weight excluding hydrogens is 442 g/mol. The molecule has 0 aliphatic carbocycles. The zero-order chi connectivity index (χ0) is 22.7. The number of hydrogen-bond donors (Lipinski definition) is 0. The van der Waals surface area contributed by atoms with Gasteiger partial charge < -0.3 is 22.7 Å². The van der Waals surface area contributed by atoms with Gasteiger partial charge in [0.2, 0.25) is 0 Å². The minimum Gasteiger partial charge on any atom is -0.419 e. The maximum atomic E-state index is 6.24. The molecule has 172 valence electrons. The molecule has 0 heterocycles. The Balaban J connectivity index is -0.000000451. The molecule has 0 aromatic heterocycles. The molecular formula is C24H54O2Si2Zn. The smallest absolute Gasteiger partial charge is 0.419 e. The first kappa shape index (κ1) is 34.6. The van der Waals surface area contributed by atoms with Crippen molar-refractivity contribution < 1.29 is 28.3 Å². The Bertz CT molecular complexity index is 304. The summed E-state index contributed by atoms with van der Waals surface area (Å²) in [5.74, 6) is 0. The van der Waals surface area contributed by atoms with Crippen molar-refractivity contribution in [2.75, 3.05) is 13.2 Å². The van der Waals surface area contributed by atoms with Gasteiger partial charge in [0, 0.05) is 13.2 Å². The second kappa shape index (κ2) is 16.6. The first-order chi connectivity index (χ1) is 12.8. The van der Waals surface area contributed by atoms with Gasteiger partial charge in [0.05, 0.1) is 0 Å². The summed E-state index contributed by atoms with van der Waals surface area (Å²) in [6.07, 6.45) is 1.78. The Morgan fingerprint density at radius 3 is 0.759 bits per heavy atom. The van der Waals surface area contributed by atoms with Crippen molar-refractivity contribution in [1.29, 1.82) is 0 Å². The topological polar surface area (TPSA) is 18.5 Å². The fourth-order valence-electron chi connectivity index (χ4n) is 5.50. The second-order valence-corrected chi connectivity index (χ2v) is 21.0. The summed E-state index contributed by atoms with van der Waals surface area (Å²) in [6.45, 7) is 37.2. The predicted octanol–water partition coefficient (Wildman–Crippen LogP) is 8.80. The summed E-state index contributed by atoms with van der Waals surface area (Å²) in [7, 11) is -3.18. The average molecular weight is 496 g/mol. The van der Waals surface area contributed by atoms with E-state index in [0.29, 0.717) is 33.2 Å². The quantitative estimate of drug-likeness (QED) is 0.199. The van der Waals surface area contributed by atoms with Crippen molar-refractivity contribution >= 4 is 16.6 Å². The summed E-state index contributed by atoms with van der Waals surface area (Å²) in [5.41, 5.74) is 4.13. The predicted molar refractivity (Wildman–Crippen MR) is 134 cm³/mol. The minimum atomic E-state index is -1.59. The van der Waals surface area contributed by atoms with Crippen LogP contribution in [0, 0.1) is 13.8 Å². The first-order valence-corrected chi connectivity index (χ1v) is 15.9. The van der Waals surface area contributed by atoms with Gasteiger partial charge in [-0.3, -0.25) is 0 Å². The summed E-state index contributed by atoms with van der Waals surface area (Å²) < 4.78 is 12.5. The Morgan fingerprint density at radius 1 is 0.483 bits per heavy atom. The van der Waals surface area contributed by atoms with Crippen LogP contribution >= 0.6 is 0 Å². The SMILES string of the molecule is [CH2-]CCO[Si](C(C)C)(C(C)C)C(C)C.[CH2-]CCO[Si](C(C)C)(C(C)C)C(C)C.[Zn+2]. The van der Waals surface area contributed by atoms with E-state index in [9.17, 15) is 0 Å². The summed E-state index contributed by atoms with van der Waals surface area (Å²) in [4.78, 5) is 0. The van der Waals surface area contributed by atoms with E-state index in [1.807, 2.05) is 0 Å². The molecule has 0 rings (SSSR count). The first-order valence-electron chi connectivity index (χ1n) is 11.6. The normalized spacial score (nSPS) is 12.8. The van der Waals surface area contributed by atoms with Gasteiger partial charge >= 0.3 is 19.5 Å². The van der Waals surface area contributed by atoms with Gasteiger partial charge in [-0.25, -0.2) is 0 Å². The molecule has 5 heteroatoms. The molecule has 0 aliphatic heterocycles. The molecule has 0 aliphatic rings. The van der Waals surface area contributed by atoms with E-state index in [1.165, 1.54) is 0 Å². The minimum absolute atomic E-state index is 0. The van der Waals surface area contributed by atoms with Crippen molar-refractivity contribution in [3.8, 4) is 0 Å². The molecule has 0 saturated carbocycles. The number of hydrogen-bond acceptors (Lipinski definition) is 2. The van der Waals surface area contributed by atoms with Gasteiger partial charge in [0.25, 0.3) is 0 Å². The zero-order valence-electron chi connectivity index (χ0n) is 22.2. The summed E-state index contributed by atoms with van der Waals surface area (Å²) in [6, 6.07) is 0. The van der Waals surface area contributed by atoms with E-state index in [0.717, 1.165) is 26.1 Å². The third-order valence-electron chi connectivity index (χ3n) is 6.41. The molecule has 0 radical (unpaired) electrons. The van der Waals surface area contributed by atoms with Crippen molar-refractivity contribution in [1.82, 2.24) is 0 Å². The van der Waals surface area contributed by atoms with Gasteiger partial charge in [-0.1, -0.05) is 83.1 Å². The van der Waals surface area contributed by atoms with Crippen LogP contribution in [0.2, 0.25) is 33.2 Å². The summed E-state index contributed by atoms with van der Waals surface area (Å²) in [5, 5.41) is 0. The fourth-order valence-corrected chi connectivity index (χ4v) is 16.5. The molecule has 0 aromatic carbocycles. The molecule has 0 unspecified atom stereocenters. The van der Waals surface area contributed by atoms with Gasteiger partial charge in [-0.15, -0.1) is 0 Å². The van der Waals surface area contributed by atoms with Crippen LogP contribution in [0.5, 0.6) is 0 Å². The molecule has 0 atom stereocenters. The Morgan fingerprint density at radius 2 is 0.655 bits per heavy atom. The largest absolute Gasteiger partial charge is 2.00 e. The van der Waals surface area contributed by atoms with Crippen molar-refractivity contribution in [3.05, 3.63) is 13.8 Å². The van der Waals surface area contributed by atoms with Crippen LogP contribution in [0.3, 0.4) is 0 Å². The van der Waals surface area contributed by atoms with E-state index in [2.05, 4.69) is 96.9 Å². The zero-order valence-corrected chi connectivity index (χ0v) is 27.2. The Hall–Kier alpha value is 0.977. The van der Waals surface area contributed by atoms with Crippen LogP contribution in [0.1, 0.15) is 95.9 Å². The van der Waals surface area contributed by atoms with E-state index < -0.39 is 16.6 Å². The molecule has 29 heavy (non-hydrogen) atoms. The van der Waals surface area contributed by atoms with E-state index in [1.54, 1.807) is 0 Å². The maximum Gasteiger partial charge on any atom is 2.00 e. The van der Waals surface area contributed by atoms with Crippen molar-refractivity contribution in [3.63, 3.8) is 0 Å². The van der Waals surface area contributed by atoms with Gasteiger partial charge in [0.15, 0.2) is 16.6 Å². The molecule has 0 aromatic rings. The molecule has 2 nitrogen and oxygen atoms in total.